The fraction of sp³-hybridized carbons (Fsp3) is 0.333. The van der Waals surface area contributed by atoms with Crippen molar-refractivity contribution < 1.29 is 4.79 Å². The molecule has 1 aromatic heterocycles. The number of nitrogens with zero attached hydrogens (tertiary/aromatic N) is 2. The van der Waals surface area contributed by atoms with Crippen LogP contribution in [0.2, 0.25) is 5.02 Å². The van der Waals surface area contributed by atoms with Gasteiger partial charge in [0.2, 0.25) is 5.91 Å². The number of amides is 1. The topological polar surface area (TPSA) is 33.2 Å². The lowest BCUT2D eigenvalue weighted by Gasteiger charge is -2.24. The predicted molar refractivity (Wildman–Crippen MR) is 51.0 cm³/mol. The van der Waals surface area contributed by atoms with Crippen LogP contribution in [0.15, 0.2) is 12.3 Å². The quantitative estimate of drug-likeness (QED) is 0.632. The molecule has 3 nitrogen and oxygen atoms in total. The molecule has 0 fully saturated rings. The molecule has 2 rings (SSSR count). The Bertz CT molecular complexity index is 365. The Morgan fingerprint density at radius 3 is 3.08 bits per heavy atom. The minimum atomic E-state index is 0.113. The Labute approximate surface area is 81.3 Å². The van der Waals surface area contributed by atoms with E-state index in [-0.39, 0.29) is 5.91 Å². The van der Waals surface area contributed by atoms with Crippen molar-refractivity contribution in [3.8, 4) is 0 Å². The molecule has 68 valence electrons. The molecule has 0 N–H and O–H groups in total. The fourth-order valence-electron chi connectivity index (χ4n) is 1.49. The molecule has 1 aromatic rings. The van der Waals surface area contributed by atoms with Crippen molar-refractivity contribution in [2.75, 3.05) is 11.9 Å². The van der Waals surface area contributed by atoms with Gasteiger partial charge < -0.3 is 0 Å². The van der Waals surface area contributed by atoms with E-state index in [4.69, 9.17) is 11.6 Å². The van der Waals surface area contributed by atoms with E-state index in [1.165, 1.54) is 0 Å². The van der Waals surface area contributed by atoms with E-state index in [1.54, 1.807) is 18.1 Å². The Balaban J connectivity index is 2.49. The van der Waals surface area contributed by atoms with E-state index >= 15 is 0 Å². The van der Waals surface area contributed by atoms with E-state index in [2.05, 4.69) is 4.98 Å². The van der Waals surface area contributed by atoms with Crippen molar-refractivity contribution in [1.29, 1.82) is 0 Å². The zero-order chi connectivity index (χ0) is 9.42. The average Bonchev–Trinajstić information content (AvgIpc) is 2.12. The molecule has 0 aromatic carbocycles. The van der Waals surface area contributed by atoms with Gasteiger partial charge in [-0.3, -0.25) is 9.69 Å². The van der Waals surface area contributed by atoms with Gasteiger partial charge in [0.25, 0.3) is 0 Å². The number of anilines is 1. The summed E-state index contributed by atoms with van der Waals surface area (Å²) >= 11 is 5.79. The van der Waals surface area contributed by atoms with Crippen molar-refractivity contribution in [3.05, 3.63) is 22.8 Å². The third-order valence-corrected chi connectivity index (χ3v) is 2.42. The number of carbonyl (C=O) groups is 1. The van der Waals surface area contributed by atoms with Gasteiger partial charge in [-0.1, -0.05) is 11.6 Å². The van der Waals surface area contributed by atoms with Crippen LogP contribution in [0, 0.1) is 0 Å². The van der Waals surface area contributed by atoms with Crippen LogP contribution >= 0.6 is 11.6 Å². The molecule has 0 bridgehead atoms. The van der Waals surface area contributed by atoms with E-state index in [0.717, 1.165) is 17.8 Å². The minimum Gasteiger partial charge on any atom is -0.300 e. The summed E-state index contributed by atoms with van der Waals surface area (Å²) in [5.41, 5.74) is 1.05. The molecule has 1 aliphatic rings. The van der Waals surface area contributed by atoms with Crippen LogP contribution in [0.25, 0.3) is 0 Å². The van der Waals surface area contributed by atoms with Crippen molar-refractivity contribution in [2.45, 2.75) is 12.8 Å². The van der Waals surface area contributed by atoms with Crippen LogP contribution in [-0.2, 0) is 11.2 Å². The molecule has 2 heterocycles. The number of hydrogen-bond donors (Lipinski definition) is 0. The molecule has 13 heavy (non-hydrogen) atoms. The van der Waals surface area contributed by atoms with Gasteiger partial charge in [0.1, 0.15) is 5.82 Å². The van der Waals surface area contributed by atoms with Gasteiger partial charge in [-0.25, -0.2) is 4.98 Å². The van der Waals surface area contributed by atoms with E-state index in [9.17, 15) is 4.79 Å². The summed E-state index contributed by atoms with van der Waals surface area (Å²) in [6.45, 7) is 0. The van der Waals surface area contributed by atoms with Gasteiger partial charge in [-0.2, -0.15) is 0 Å². The molecule has 0 saturated heterocycles. The van der Waals surface area contributed by atoms with Gasteiger partial charge in [0.15, 0.2) is 0 Å². The highest BCUT2D eigenvalue weighted by Crippen LogP contribution is 2.26. The molecule has 0 unspecified atom stereocenters. The van der Waals surface area contributed by atoms with Gasteiger partial charge in [-0.05, 0) is 18.1 Å². The monoisotopic (exact) mass is 196 g/mol. The Morgan fingerprint density at radius 1 is 1.54 bits per heavy atom. The lowest BCUT2D eigenvalue weighted by Crippen LogP contribution is -2.31. The molecule has 4 heteroatoms. The summed E-state index contributed by atoms with van der Waals surface area (Å²) in [6, 6.07) is 1.87. The first kappa shape index (κ1) is 8.51. The summed E-state index contributed by atoms with van der Waals surface area (Å²) in [4.78, 5) is 17.0. The summed E-state index contributed by atoms with van der Waals surface area (Å²) < 4.78 is 0. The van der Waals surface area contributed by atoms with Crippen molar-refractivity contribution in [1.82, 2.24) is 4.98 Å². The largest absolute Gasteiger partial charge is 0.300 e. The van der Waals surface area contributed by atoms with Crippen LogP contribution in [-0.4, -0.2) is 17.9 Å². The standard InChI is InChI=1S/C9H9ClN2O/c1-12-8(13)3-2-6-4-7(10)5-11-9(6)12/h4-5H,2-3H2,1H3. The van der Waals surface area contributed by atoms with E-state index in [1.807, 2.05) is 6.07 Å². The second kappa shape index (κ2) is 3.00. The van der Waals surface area contributed by atoms with Crippen LogP contribution in [0.3, 0.4) is 0 Å². The summed E-state index contributed by atoms with van der Waals surface area (Å²) in [7, 11) is 1.74. The number of halogens is 1. The lowest BCUT2D eigenvalue weighted by molar-refractivity contribution is -0.118. The number of aryl methyl sites for hydroxylation is 1. The molecule has 0 aliphatic carbocycles. The first-order chi connectivity index (χ1) is 6.18. The van der Waals surface area contributed by atoms with Crippen molar-refractivity contribution in [2.24, 2.45) is 0 Å². The van der Waals surface area contributed by atoms with Gasteiger partial charge in [0, 0.05) is 19.7 Å². The first-order valence-electron chi connectivity index (χ1n) is 4.09. The summed E-state index contributed by atoms with van der Waals surface area (Å²) in [5.74, 6) is 0.850. The third kappa shape index (κ3) is 1.40. The number of pyridine rings is 1. The second-order valence-electron chi connectivity index (χ2n) is 3.09. The molecule has 0 saturated carbocycles. The molecule has 0 radical (unpaired) electrons. The van der Waals surface area contributed by atoms with Crippen molar-refractivity contribution >= 4 is 23.3 Å². The zero-order valence-corrected chi connectivity index (χ0v) is 8.01. The SMILES string of the molecule is CN1C(=O)CCc2cc(Cl)cnc21. The number of aromatic nitrogens is 1. The Morgan fingerprint density at radius 2 is 2.31 bits per heavy atom. The van der Waals surface area contributed by atoms with Crippen LogP contribution in [0.5, 0.6) is 0 Å². The van der Waals surface area contributed by atoms with Gasteiger partial charge in [0.05, 0.1) is 5.02 Å². The third-order valence-electron chi connectivity index (χ3n) is 2.21. The summed E-state index contributed by atoms with van der Waals surface area (Å²) in [6.07, 6.45) is 2.85. The molecular weight excluding hydrogens is 188 g/mol. The van der Waals surface area contributed by atoms with Gasteiger partial charge in [-0.15, -0.1) is 0 Å². The fourth-order valence-corrected chi connectivity index (χ4v) is 1.67. The number of rotatable bonds is 0. The molecule has 0 atom stereocenters. The number of carbonyl (C=O) groups excluding carboxylic acids is 1. The van der Waals surface area contributed by atoms with Crippen LogP contribution in [0.4, 0.5) is 5.82 Å². The van der Waals surface area contributed by atoms with Gasteiger partial charge >= 0.3 is 0 Å². The Hall–Kier alpha value is -1.09. The average molecular weight is 197 g/mol. The highest BCUT2D eigenvalue weighted by Gasteiger charge is 2.21. The molecule has 1 aliphatic heterocycles. The van der Waals surface area contributed by atoms with E-state index in [0.29, 0.717) is 11.4 Å². The predicted octanol–water partition coefficient (Wildman–Crippen LogP) is 1.64. The normalized spacial score (nSPS) is 15.8. The highest BCUT2D eigenvalue weighted by atomic mass is 35.5. The zero-order valence-electron chi connectivity index (χ0n) is 7.25. The maximum absolute atomic E-state index is 11.3. The minimum absolute atomic E-state index is 0.113. The van der Waals surface area contributed by atoms with Crippen LogP contribution in [0.1, 0.15) is 12.0 Å². The smallest absolute Gasteiger partial charge is 0.228 e. The molecular formula is C9H9ClN2O. The molecule has 1 amide bonds. The van der Waals surface area contributed by atoms with Crippen LogP contribution < -0.4 is 4.90 Å². The summed E-state index contributed by atoms with van der Waals surface area (Å²) in [5, 5.41) is 0.626. The second-order valence-corrected chi connectivity index (χ2v) is 3.53. The van der Waals surface area contributed by atoms with Crippen molar-refractivity contribution in [3.63, 3.8) is 0 Å². The number of fused-ring (bicyclic) bond motifs is 1. The number of hydrogen-bond acceptors (Lipinski definition) is 2. The lowest BCUT2D eigenvalue weighted by atomic mass is 10.1. The molecule has 0 spiro atoms. The highest BCUT2D eigenvalue weighted by molar-refractivity contribution is 6.30. The maximum atomic E-state index is 11.3. The first-order valence-corrected chi connectivity index (χ1v) is 4.47. The Kier molecular flexibility index (Phi) is 1.96. The maximum Gasteiger partial charge on any atom is 0.228 e. The van der Waals surface area contributed by atoms with E-state index < -0.39 is 0 Å².